The van der Waals surface area contributed by atoms with Crippen molar-refractivity contribution in [3.63, 3.8) is 0 Å². The van der Waals surface area contributed by atoms with E-state index in [4.69, 9.17) is 0 Å². The van der Waals surface area contributed by atoms with E-state index >= 15 is 0 Å². The summed E-state index contributed by atoms with van der Waals surface area (Å²) in [5.74, 6) is 0. The lowest BCUT2D eigenvalue weighted by atomic mass is 10.1. The molecule has 1 aromatic rings. The minimum atomic E-state index is 0.615. The Morgan fingerprint density at radius 3 is 2.50 bits per heavy atom. The van der Waals surface area contributed by atoms with Crippen LogP contribution in [0.3, 0.4) is 0 Å². The van der Waals surface area contributed by atoms with E-state index < -0.39 is 0 Å². The van der Waals surface area contributed by atoms with Gasteiger partial charge in [0.15, 0.2) is 0 Å². The van der Waals surface area contributed by atoms with Gasteiger partial charge in [0.2, 0.25) is 0 Å². The molecule has 2 heteroatoms. The Morgan fingerprint density at radius 2 is 1.85 bits per heavy atom. The standard InChI is InChI=1S/C18H32N2/c1-5-7-8-12-20(16(3)4)15-18-11-9-10-17(13-18)14-19-6-2/h9-11,13,16,19H,5-8,12,14-15H2,1-4H3. The van der Waals surface area contributed by atoms with E-state index in [0.717, 1.165) is 19.6 Å². The second-order valence-corrected chi connectivity index (χ2v) is 5.87. The van der Waals surface area contributed by atoms with Gasteiger partial charge in [-0.25, -0.2) is 0 Å². The summed E-state index contributed by atoms with van der Waals surface area (Å²) < 4.78 is 0. The van der Waals surface area contributed by atoms with Gasteiger partial charge >= 0.3 is 0 Å². The van der Waals surface area contributed by atoms with Gasteiger partial charge in [0.25, 0.3) is 0 Å². The van der Waals surface area contributed by atoms with Gasteiger partial charge < -0.3 is 5.32 Å². The zero-order valence-corrected chi connectivity index (χ0v) is 13.8. The monoisotopic (exact) mass is 276 g/mol. The maximum atomic E-state index is 3.40. The molecule has 0 aliphatic rings. The molecule has 0 aliphatic heterocycles. The molecule has 0 amide bonds. The van der Waals surface area contributed by atoms with Crippen LogP contribution < -0.4 is 5.32 Å². The highest BCUT2D eigenvalue weighted by Gasteiger charge is 2.09. The third-order valence-electron chi connectivity index (χ3n) is 3.74. The molecular weight excluding hydrogens is 244 g/mol. The lowest BCUT2D eigenvalue weighted by Gasteiger charge is -2.26. The Labute approximate surface area is 125 Å². The van der Waals surface area contributed by atoms with Crippen LogP contribution in [-0.2, 0) is 13.1 Å². The molecule has 0 radical (unpaired) electrons. The molecule has 0 saturated heterocycles. The van der Waals surface area contributed by atoms with Gasteiger partial charge in [0.05, 0.1) is 0 Å². The van der Waals surface area contributed by atoms with Crippen LogP contribution in [-0.4, -0.2) is 24.0 Å². The van der Waals surface area contributed by atoms with Crippen molar-refractivity contribution in [3.8, 4) is 0 Å². The van der Waals surface area contributed by atoms with Gasteiger partial charge in [0.1, 0.15) is 0 Å². The zero-order valence-electron chi connectivity index (χ0n) is 13.8. The third kappa shape index (κ3) is 6.53. The van der Waals surface area contributed by atoms with E-state index in [1.807, 2.05) is 0 Å². The second-order valence-electron chi connectivity index (χ2n) is 5.87. The SMILES string of the molecule is CCCCCN(Cc1cccc(CNCC)c1)C(C)C. The van der Waals surface area contributed by atoms with Crippen molar-refractivity contribution in [3.05, 3.63) is 35.4 Å². The van der Waals surface area contributed by atoms with Crippen molar-refractivity contribution in [2.75, 3.05) is 13.1 Å². The van der Waals surface area contributed by atoms with Gasteiger partial charge in [-0.05, 0) is 44.5 Å². The minimum absolute atomic E-state index is 0.615. The topological polar surface area (TPSA) is 15.3 Å². The fourth-order valence-corrected chi connectivity index (χ4v) is 2.43. The van der Waals surface area contributed by atoms with Gasteiger partial charge in [0, 0.05) is 19.1 Å². The Balaban J connectivity index is 2.58. The summed E-state index contributed by atoms with van der Waals surface area (Å²) in [7, 11) is 0. The fourth-order valence-electron chi connectivity index (χ4n) is 2.43. The molecule has 0 atom stereocenters. The van der Waals surface area contributed by atoms with Crippen LogP contribution in [0.25, 0.3) is 0 Å². The first-order chi connectivity index (χ1) is 9.67. The van der Waals surface area contributed by atoms with Crippen molar-refractivity contribution in [1.82, 2.24) is 10.2 Å². The number of rotatable bonds is 10. The van der Waals surface area contributed by atoms with Crippen LogP contribution in [0.2, 0.25) is 0 Å². The molecule has 0 fully saturated rings. The van der Waals surface area contributed by atoms with Crippen LogP contribution >= 0.6 is 0 Å². The van der Waals surface area contributed by atoms with Crippen LogP contribution in [0.5, 0.6) is 0 Å². The maximum Gasteiger partial charge on any atom is 0.0236 e. The molecule has 0 aromatic heterocycles. The summed E-state index contributed by atoms with van der Waals surface area (Å²) in [5.41, 5.74) is 2.83. The Hall–Kier alpha value is -0.860. The molecule has 0 unspecified atom stereocenters. The average molecular weight is 276 g/mol. The second kappa shape index (κ2) is 9.95. The number of hydrogen-bond donors (Lipinski definition) is 1. The molecule has 0 aliphatic carbocycles. The lowest BCUT2D eigenvalue weighted by Crippen LogP contribution is -2.31. The highest BCUT2D eigenvalue weighted by Crippen LogP contribution is 2.12. The van der Waals surface area contributed by atoms with Crippen LogP contribution in [0, 0.1) is 0 Å². The summed E-state index contributed by atoms with van der Waals surface area (Å²) in [6.45, 7) is 13.3. The molecular formula is C18H32N2. The van der Waals surface area contributed by atoms with Gasteiger partial charge in [-0.3, -0.25) is 4.90 Å². The lowest BCUT2D eigenvalue weighted by molar-refractivity contribution is 0.208. The maximum absolute atomic E-state index is 3.40. The molecule has 0 bridgehead atoms. The summed E-state index contributed by atoms with van der Waals surface area (Å²) in [5, 5.41) is 3.40. The number of nitrogens with zero attached hydrogens (tertiary/aromatic N) is 1. The molecule has 20 heavy (non-hydrogen) atoms. The van der Waals surface area contributed by atoms with Crippen molar-refractivity contribution in [2.45, 2.75) is 66.1 Å². The van der Waals surface area contributed by atoms with E-state index in [1.165, 1.54) is 36.9 Å². The van der Waals surface area contributed by atoms with Crippen LogP contribution in [0.4, 0.5) is 0 Å². The molecule has 1 N–H and O–H groups in total. The molecule has 1 rings (SSSR count). The minimum Gasteiger partial charge on any atom is -0.313 e. The zero-order chi connectivity index (χ0) is 14.8. The first kappa shape index (κ1) is 17.2. The predicted octanol–water partition coefficient (Wildman–Crippen LogP) is 4.20. The highest BCUT2D eigenvalue weighted by atomic mass is 15.1. The van der Waals surface area contributed by atoms with Gasteiger partial charge in [-0.2, -0.15) is 0 Å². The van der Waals surface area contributed by atoms with E-state index in [9.17, 15) is 0 Å². The number of unbranched alkanes of at least 4 members (excludes halogenated alkanes) is 2. The van der Waals surface area contributed by atoms with Crippen molar-refractivity contribution in [1.29, 1.82) is 0 Å². The Bertz CT molecular complexity index is 360. The summed E-state index contributed by atoms with van der Waals surface area (Å²) >= 11 is 0. The van der Waals surface area contributed by atoms with Crippen molar-refractivity contribution >= 4 is 0 Å². The van der Waals surface area contributed by atoms with E-state index in [0.29, 0.717) is 6.04 Å². The predicted molar refractivity (Wildman–Crippen MR) is 88.9 cm³/mol. The first-order valence-electron chi connectivity index (χ1n) is 8.20. The number of nitrogens with one attached hydrogen (secondary N) is 1. The van der Waals surface area contributed by atoms with Gasteiger partial charge in [-0.1, -0.05) is 51.0 Å². The van der Waals surface area contributed by atoms with Crippen LogP contribution in [0.1, 0.15) is 58.1 Å². The molecule has 1 aromatic carbocycles. The molecule has 0 heterocycles. The molecule has 114 valence electrons. The third-order valence-corrected chi connectivity index (χ3v) is 3.74. The van der Waals surface area contributed by atoms with E-state index in [-0.39, 0.29) is 0 Å². The average Bonchev–Trinajstić information content (AvgIpc) is 2.44. The molecule has 0 spiro atoms. The summed E-state index contributed by atoms with van der Waals surface area (Å²) in [6, 6.07) is 9.61. The van der Waals surface area contributed by atoms with Crippen LogP contribution in [0.15, 0.2) is 24.3 Å². The summed E-state index contributed by atoms with van der Waals surface area (Å²) in [6.07, 6.45) is 3.94. The van der Waals surface area contributed by atoms with Gasteiger partial charge in [-0.15, -0.1) is 0 Å². The van der Waals surface area contributed by atoms with Crippen molar-refractivity contribution in [2.24, 2.45) is 0 Å². The fraction of sp³-hybridized carbons (Fsp3) is 0.667. The Morgan fingerprint density at radius 1 is 1.10 bits per heavy atom. The smallest absolute Gasteiger partial charge is 0.0236 e. The summed E-state index contributed by atoms with van der Waals surface area (Å²) in [4.78, 5) is 2.59. The van der Waals surface area contributed by atoms with Crippen molar-refractivity contribution < 1.29 is 0 Å². The normalized spacial score (nSPS) is 11.5. The quantitative estimate of drug-likeness (QED) is 0.644. The first-order valence-corrected chi connectivity index (χ1v) is 8.20. The molecule has 0 saturated carbocycles. The van der Waals surface area contributed by atoms with E-state index in [2.05, 4.69) is 62.2 Å². The number of hydrogen-bond acceptors (Lipinski definition) is 2. The number of benzene rings is 1. The largest absolute Gasteiger partial charge is 0.313 e. The van der Waals surface area contributed by atoms with E-state index in [1.54, 1.807) is 0 Å². The highest BCUT2D eigenvalue weighted by molar-refractivity contribution is 5.23. The Kier molecular flexibility index (Phi) is 8.56. The molecule has 2 nitrogen and oxygen atoms in total.